The summed E-state index contributed by atoms with van der Waals surface area (Å²) >= 11 is 1.23. The lowest BCUT2D eigenvalue weighted by Gasteiger charge is -2.12. The van der Waals surface area contributed by atoms with Crippen LogP contribution in [0.5, 0.6) is 0 Å². The van der Waals surface area contributed by atoms with Crippen molar-refractivity contribution in [1.82, 2.24) is 10.3 Å². The lowest BCUT2D eigenvalue weighted by Crippen LogP contribution is -2.40. The van der Waals surface area contributed by atoms with Crippen LogP contribution in [0.15, 0.2) is 5.51 Å². The van der Waals surface area contributed by atoms with Gasteiger partial charge in [0, 0.05) is 0 Å². The zero-order valence-corrected chi connectivity index (χ0v) is 8.54. The van der Waals surface area contributed by atoms with Crippen molar-refractivity contribution in [3.63, 3.8) is 0 Å². The number of aryl methyl sites for hydroxylation is 1. The number of carbonyl (C=O) groups is 1. The Morgan fingerprint density at radius 2 is 2.29 bits per heavy atom. The van der Waals surface area contributed by atoms with E-state index < -0.39 is 6.04 Å². The van der Waals surface area contributed by atoms with Gasteiger partial charge in [-0.25, -0.2) is 4.98 Å². The van der Waals surface area contributed by atoms with E-state index in [1.54, 1.807) is 12.4 Å². The summed E-state index contributed by atoms with van der Waals surface area (Å²) in [5, 5.41) is 20.0. The van der Waals surface area contributed by atoms with Crippen LogP contribution >= 0.6 is 11.3 Å². The second-order valence-corrected chi connectivity index (χ2v) is 3.66. The van der Waals surface area contributed by atoms with Crippen LogP contribution in [0.1, 0.15) is 15.4 Å². The van der Waals surface area contributed by atoms with E-state index in [0.717, 1.165) is 0 Å². The fourth-order valence-electron chi connectivity index (χ4n) is 0.920. The lowest BCUT2D eigenvalue weighted by atomic mass is 10.3. The monoisotopic (exact) mass is 216 g/mol. The first-order valence-corrected chi connectivity index (χ1v) is 4.99. The van der Waals surface area contributed by atoms with Gasteiger partial charge in [0.1, 0.15) is 4.88 Å². The number of hydrogen-bond acceptors (Lipinski definition) is 5. The first kappa shape index (κ1) is 11.1. The Hall–Kier alpha value is -0.980. The van der Waals surface area contributed by atoms with Gasteiger partial charge in [0.25, 0.3) is 5.91 Å². The normalized spacial score (nSPS) is 10.6. The second kappa shape index (κ2) is 5.04. The molecule has 0 atom stereocenters. The molecule has 0 saturated carbocycles. The molecule has 0 aliphatic heterocycles. The van der Waals surface area contributed by atoms with Crippen LogP contribution in [-0.4, -0.2) is 40.4 Å². The van der Waals surface area contributed by atoms with Crippen LogP contribution in [0.25, 0.3) is 0 Å². The molecule has 0 unspecified atom stereocenters. The molecule has 1 heterocycles. The molecular formula is C8H12N2O3S. The third-order valence-corrected chi connectivity index (χ3v) is 2.66. The molecule has 0 aromatic carbocycles. The number of aliphatic hydroxyl groups is 2. The summed E-state index contributed by atoms with van der Waals surface area (Å²) in [5.41, 5.74) is 2.24. The fourth-order valence-corrected chi connectivity index (χ4v) is 1.63. The third-order valence-electron chi connectivity index (χ3n) is 1.73. The Morgan fingerprint density at radius 3 is 2.71 bits per heavy atom. The van der Waals surface area contributed by atoms with E-state index in [-0.39, 0.29) is 19.1 Å². The number of aliphatic hydroxyl groups excluding tert-OH is 2. The minimum absolute atomic E-state index is 0.278. The van der Waals surface area contributed by atoms with Gasteiger partial charge in [0.2, 0.25) is 0 Å². The molecule has 1 rings (SSSR count). The van der Waals surface area contributed by atoms with Gasteiger partial charge in [-0.3, -0.25) is 4.79 Å². The lowest BCUT2D eigenvalue weighted by molar-refractivity contribution is 0.0882. The minimum Gasteiger partial charge on any atom is -0.394 e. The number of carbonyl (C=O) groups excluding carboxylic acids is 1. The third kappa shape index (κ3) is 2.50. The van der Waals surface area contributed by atoms with Crippen LogP contribution in [0.3, 0.4) is 0 Å². The number of nitrogens with one attached hydrogen (secondary N) is 1. The smallest absolute Gasteiger partial charge is 0.263 e. The predicted octanol–water partition coefficient (Wildman–Crippen LogP) is -0.465. The highest BCUT2D eigenvalue weighted by Crippen LogP contribution is 2.11. The number of rotatable bonds is 4. The molecule has 0 saturated heterocycles. The van der Waals surface area contributed by atoms with Crippen molar-refractivity contribution in [2.75, 3.05) is 13.2 Å². The molecule has 1 aromatic heterocycles. The molecule has 0 radical (unpaired) electrons. The Kier molecular flexibility index (Phi) is 3.99. The van der Waals surface area contributed by atoms with Crippen molar-refractivity contribution in [3.05, 3.63) is 16.1 Å². The zero-order valence-electron chi connectivity index (χ0n) is 7.73. The minimum atomic E-state index is -0.607. The molecule has 6 heteroatoms. The molecule has 0 bridgehead atoms. The first-order chi connectivity index (χ1) is 6.69. The zero-order chi connectivity index (χ0) is 10.6. The molecule has 1 amide bonds. The highest BCUT2D eigenvalue weighted by molar-refractivity contribution is 7.11. The van der Waals surface area contributed by atoms with Gasteiger partial charge in [0.15, 0.2) is 0 Å². The van der Waals surface area contributed by atoms with Crippen molar-refractivity contribution >= 4 is 17.2 Å². The van der Waals surface area contributed by atoms with Crippen molar-refractivity contribution in [2.45, 2.75) is 13.0 Å². The standard InChI is InChI=1S/C8H12N2O3S/c1-5-7(14-4-9-5)8(13)10-6(2-11)3-12/h4,6,11-12H,2-3H2,1H3,(H,10,13). The average Bonchev–Trinajstić information content (AvgIpc) is 2.60. The van der Waals surface area contributed by atoms with Gasteiger partial charge in [0.05, 0.1) is 30.5 Å². The van der Waals surface area contributed by atoms with E-state index in [2.05, 4.69) is 10.3 Å². The maximum atomic E-state index is 11.5. The maximum Gasteiger partial charge on any atom is 0.263 e. The number of nitrogens with zero attached hydrogens (tertiary/aromatic N) is 1. The van der Waals surface area contributed by atoms with Crippen molar-refractivity contribution in [2.24, 2.45) is 0 Å². The Labute approximate surface area is 85.4 Å². The highest BCUT2D eigenvalue weighted by Gasteiger charge is 2.15. The summed E-state index contributed by atoms with van der Waals surface area (Å²) in [6, 6.07) is -0.607. The number of hydrogen-bond donors (Lipinski definition) is 3. The van der Waals surface area contributed by atoms with Crippen LogP contribution in [0, 0.1) is 6.92 Å². The van der Waals surface area contributed by atoms with Crippen LogP contribution < -0.4 is 5.32 Å². The predicted molar refractivity (Wildman–Crippen MR) is 52.3 cm³/mol. The van der Waals surface area contributed by atoms with Gasteiger partial charge >= 0.3 is 0 Å². The van der Waals surface area contributed by atoms with E-state index >= 15 is 0 Å². The second-order valence-electron chi connectivity index (χ2n) is 2.80. The van der Waals surface area contributed by atoms with Crippen LogP contribution in [-0.2, 0) is 0 Å². The summed E-state index contributed by atoms with van der Waals surface area (Å²) in [6.07, 6.45) is 0. The number of thiazole rings is 1. The summed E-state index contributed by atoms with van der Waals surface area (Å²) in [5.74, 6) is -0.307. The van der Waals surface area contributed by atoms with Crippen LogP contribution in [0.2, 0.25) is 0 Å². The highest BCUT2D eigenvalue weighted by atomic mass is 32.1. The van der Waals surface area contributed by atoms with Gasteiger partial charge in [-0.15, -0.1) is 11.3 Å². The van der Waals surface area contributed by atoms with Gasteiger partial charge in [-0.2, -0.15) is 0 Å². The largest absolute Gasteiger partial charge is 0.394 e. The van der Waals surface area contributed by atoms with Gasteiger partial charge in [-0.1, -0.05) is 0 Å². The molecule has 0 fully saturated rings. The molecular weight excluding hydrogens is 204 g/mol. The Bertz CT molecular complexity index is 309. The van der Waals surface area contributed by atoms with E-state index in [1.165, 1.54) is 11.3 Å². The van der Waals surface area contributed by atoms with Crippen molar-refractivity contribution < 1.29 is 15.0 Å². The van der Waals surface area contributed by atoms with E-state index in [1.807, 2.05) is 0 Å². The summed E-state index contributed by atoms with van der Waals surface area (Å²) in [7, 11) is 0. The molecule has 5 nitrogen and oxygen atoms in total. The van der Waals surface area contributed by atoms with Gasteiger partial charge < -0.3 is 15.5 Å². The molecule has 14 heavy (non-hydrogen) atoms. The average molecular weight is 216 g/mol. The van der Waals surface area contributed by atoms with Gasteiger partial charge in [-0.05, 0) is 6.92 Å². The molecule has 0 aliphatic carbocycles. The topological polar surface area (TPSA) is 82.5 Å². The van der Waals surface area contributed by atoms with Crippen molar-refractivity contribution in [3.8, 4) is 0 Å². The fraction of sp³-hybridized carbons (Fsp3) is 0.500. The summed E-state index contributed by atoms with van der Waals surface area (Å²) in [6.45, 7) is 1.18. The molecule has 78 valence electrons. The SMILES string of the molecule is Cc1ncsc1C(=O)NC(CO)CO. The number of amides is 1. The van der Waals surface area contributed by atoms with Crippen LogP contribution in [0.4, 0.5) is 0 Å². The molecule has 0 spiro atoms. The van der Waals surface area contributed by atoms with E-state index in [9.17, 15) is 4.79 Å². The quantitative estimate of drug-likeness (QED) is 0.635. The maximum absolute atomic E-state index is 11.5. The molecule has 0 aliphatic rings. The summed E-state index contributed by atoms with van der Waals surface area (Å²) in [4.78, 5) is 15.9. The molecule has 1 aromatic rings. The van der Waals surface area contributed by atoms with Crippen molar-refractivity contribution in [1.29, 1.82) is 0 Å². The Morgan fingerprint density at radius 1 is 1.64 bits per heavy atom. The molecule has 3 N–H and O–H groups in total. The number of aromatic nitrogens is 1. The summed E-state index contributed by atoms with van der Waals surface area (Å²) < 4.78 is 0. The first-order valence-electron chi connectivity index (χ1n) is 4.11. The van der Waals surface area contributed by atoms with E-state index in [0.29, 0.717) is 10.6 Å². The Balaban J connectivity index is 2.63. The van der Waals surface area contributed by atoms with E-state index in [4.69, 9.17) is 10.2 Å².